The lowest BCUT2D eigenvalue weighted by molar-refractivity contribution is 0.615. The van der Waals surface area contributed by atoms with E-state index in [0.29, 0.717) is 6.04 Å². The van der Waals surface area contributed by atoms with E-state index in [2.05, 4.69) is 27.9 Å². The minimum absolute atomic E-state index is 0.393. The number of halogens is 1. The van der Waals surface area contributed by atoms with Gasteiger partial charge in [-0.15, -0.1) is 0 Å². The van der Waals surface area contributed by atoms with Gasteiger partial charge < -0.3 is 9.88 Å². The number of aromatic nitrogens is 2. The fourth-order valence-electron chi connectivity index (χ4n) is 2.51. The zero-order valence-corrected chi connectivity index (χ0v) is 11.1. The molecule has 0 spiro atoms. The van der Waals surface area contributed by atoms with Crippen LogP contribution in [0.2, 0.25) is 5.02 Å². The van der Waals surface area contributed by atoms with Gasteiger partial charge in [-0.05, 0) is 44.0 Å². The third kappa shape index (κ3) is 2.04. The van der Waals surface area contributed by atoms with Crippen LogP contribution in [-0.2, 0) is 0 Å². The molecule has 1 fully saturated rings. The van der Waals surface area contributed by atoms with Crippen LogP contribution in [0.15, 0.2) is 30.7 Å². The summed E-state index contributed by atoms with van der Waals surface area (Å²) in [4.78, 5) is 4.28. The summed E-state index contributed by atoms with van der Waals surface area (Å²) in [7, 11) is 0. The number of rotatable bonds is 2. The highest BCUT2D eigenvalue weighted by molar-refractivity contribution is 6.32. The first-order valence-electron chi connectivity index (χ1n) is 6.28. The highest BCUT2D eigenvalue weighted by atomic mass is 35.5. The first kappa shape index (κ1) is 11.8. The van der Waals surface area contributed by atoms with E-state index in [1.54, 1.807) is 0 Å². The molecule has 2 aromatic rings. The van der Waals surface area contributed by atoms with E-state index < -0.39 is 0 Å². The van der Waals surface area contributed by atoms with Crippen molar-refractivity contribution in [3.8, 4) is 5.69 Å². The van der Waals surface area contributed by atoms with Crippen LogP contribution >= 0.6 is 11.6 Å². The molecule has 1 N–H and O–H groups in total. The summed E-state index contributed by atoms with van der Waals surface area (Å²) in [6, 6.07) is 6.46. The first-order chi connectivity index (χ1) is 8.75. The lowest BCUT2D eigenvalue weighted by atomic mass is 10.1. The third-order valence-corrected chi connectivity index (χ3v) is 3.77. The minimum Gasteiger partial charge on any atom is -0.309 e. The maximum Gasteiger partial charge on any atom is 0.0995 e. The molecular weight excluding hydrogens is 246 g/mol. The van der Waals surface area contributed by atoms with Crippen LogP contribution in [0.1, 0.15) is 30.1 Å². The van der Waals surface area contributed by atoms with Crippen molar-refractivity contribution in [2.45, 2.75) is 25.8 Å². The first-order valence-corrected chi connectivity index (χ1v) is 6.65. The van der Waals surface area contributed by atoms with Gasteiger partial charge in [0.25, 0.3) is 0 Å². The topological polar surface area (TPSA) is 29.9 Å². The van der Waals surface area contributed by atoms with Gasteiger partial charge in [-0.2, -0.15) is 0 Å². The van der Waals surface area contributed by atoms with Crippen LogP contribution in [0.4, 0.5) is 0 Å². The minimum atomic E-state index is 0.393. The quantitative estimate of drug-likeness (QED) is 0.899. The number of aryl methyl sites for hydroxylation is 1. The number of benzene rings is 1. The highest BCUT2D eigenvalue weighted by Crippen LogP contribution is 2.28. The van der Waals surface area contributed by atoms with Gasteiger partial charge in [0.2, 0.25) is 0 Å². The Balaban J connectivity index is 2.06. The maximum absolute atomic E-state index is 6.30. The average Bonchev–Trinajstić information content (AvgIpc) is 3.00. The highest BCUT2D eigenvalue weighted by Gasteiger charge is 2.20. The molecule has 0 saturated carbocycles. The number of hydrogen-bond acceptors (Lipinski definition) is 2. The van der Waals surface area contributed by atoms with E-state index in [-0.39, 0.29) is 0 Å². The molecule has 0 unspecified atom stereocenters. The Morgan fingerprint density at radius 1 is 1.44 bits per heavy atom. The van der Waals surface area contributed by atoms with E-state index >= 15 is 0 Å². The van der Waals surface area contributed by atoms with Gasteiger partial charge in [0, 0.05) is 6.04 Å². The zero-order chi connectivity index (χ0) is 12.5. The Hall–Kier alpha value is -1.32. The van der Waals surface area contributed by atoms with Crippen molar-refractivity contribution in [1.29, 1.82) is 0 Å². The van der Waals surface area contributed by atoms with Crippen molar-refractivity contribution < 1.29 is 0 Å². The second-order valence-electron chi connectivity index (χ2n) is 4.79. The van der Waals surface area contributed by atoms with Gasteiger partial charge in [0.15, 0.2) is 0 Å². The van der Waals surface area contributed by atoms with Crippen LogP contribution in [0, 0.1) is 6.92 Å². The standard InChI is InChI=1S/C14H16ClN3/c1-10-4-5-11(15)13(7-10)18-9-16-8-14(18)12-3-2-6-17-12/h4-5,7-9,12,17H,2-3,6H2,1H3/t12-/m0/s1. The summed E-state index contributed by atoms with van der Waals surface area (Å²) < 4.78 is 2.10. The molecule has 1 aromatic carbocycles. The molecule has 0 aliphatic carbocycles. The molecule has 94 valence electrons. The molecule has 0 bridgehead atoms. The second-order valence-corrected chi connectivity index (χ2v) is 5.20. The maximum atomic E-state index is 6.30. The van der Waals surface area contributed by atoms with E-state index in [1.165, 1.54) is 17.7 Å². The van der Waals surface area contributed by atoms with Crippen LogP contribution in [0.3, 0.4) is 0 Å². The van der Waals surface area contributed by atoms with Crippen LogP contribution < -0.4 is 5.32 Å². The predicted octanol–water partition coefficient (Wildman–Crippen LogP) is 3.26. The Labute approximate surface area is 112 Å². The average molecular weight is 262 g/mol. The molecule has 4 heteroatoms. The van der Waals surface area contributed by atoms with Crippen LogP contribution in [0.5, 0.6) is 0 Å². The van der Waals surface area contributed by atoms with Gasteiger partial charge in [-0.3, -0.25) is 0 Å². The summed E-state index contributed by atoms with van der Waals surface area (Å²) in [6.45, 7) is 3.15. The molecule has 3 nitrogen and oxygen atoms in total. The fraction of sp³-hybridized carbons (Fsp3) is 0.357. The Bertz CT molecular complexity index is 556. The lowest BCUT2D eigenvalue weighted by Crippen LogP contribution is -2.16. The Morgan fingerprint density at radius 3 is 3.11 bits per heavy atom. The van der Waals surface area contributed by atoms with Crippen LogP contribution in [0.25, 0.3) is 5.69 Å². The molecule has 1 atom stereocenters. The van der Waals surface area contributed by atoms with Crippen molar-refractivity contribution in [2.24, 2.45) is 0 Å². The number of imidazole rings is 1. The number of nitrogens with zero attached hydrogens (tertiary/aromatic N) is 2. The van der Waals surface area contributed by atoms with E-state index in [9.17, 15) is 0 Å². The van der Waals surface area contributed by atoms with Crippen molar-refractivity contribution in [3.05, 3.63) is 47.0 Å². The van der Waals surface area contributed by atoms with Gasteiger partial charge in [-0.1, -0.05) is 17.7 Å². The molecule has 18 heavy (non-hydrogen) atoms. The van der Waals surface area contributed by atoms with E-state index in [0.717, 1.165) is 23.7 Å². The Morgan fingerprint density at radius 2 is 2.33 bits per heavy atom. The molecule has 1 aliphatic rings. The normalized spacial score (nSPS) is 19.3. The zero-order valence-electron chi connectivity index (χ0n) is 10.4. The number of hydrogen-bond donors (Lipinski definition) is 1. The third-order valence-electron chi connectivity index (χ3n) is 3.45. The predicted molar refractivity (Wildman–Crippen MR) is 73.3 cm³/mol. The summed E-state index contributed by atoms with van der Waals surface area (Å²) in [6.07, 6.45) is 6.16. The summed E-state index contributed by atoms with van der Waals surface area (Å²) >= 11 is 6.30. The van der Waals surface area contributed by atoms with Crippen molar-refractivity contribution in [3.63, 3.8) is 0 Å². The van der Waals surface area contributed by atoms with Crippen molar-refractivity contribution in [1.82, 2.24) is 14.9 Å². The van der Waals surface area contributed by atoms with Gasteiger partial charge >= 0.3 is 0 Å². The van der Waals surface area contributed by atoms with Crippen molar-refractivity contribution >= 4 is 11.6 Å². The summed E-state index contributed by atoms with van der Waals surface area (Å²) in [5.74, 6) is 0. The molecule has 0 amide bonds. The molecule has 1 aromatic heterocycles. The van der Waals surface area contributed by atoms with Crippen LogP contribution in [-0.4, -0.2) is 16.1 Å². The van der Waals surface area contributed by atoms with Gasteiger partial charge in [0.05, 0.1) is 28.9 Å². The molecule has 0 radical (unpaired) electrons. The molecule has 3 rings (SSSR count). The molecule has 1 aliphatic heterocycles. The Kier molecular flexibility index (Phi) is 3.10. The number of nitrogens with one attached hydrogen (secondary N) is 1. The monoisotopic (exact) mass is 261 g/mol. The largest absolute Gasteiger partial charge is 0.309 e. The van der Waals surface area contributed by atoms with E-state index in [4.69, 9.17) is 11.6 Å². The fourth-order valence-corrected chi connectivity index (χ4v) is 2.72. The molecular formula is C14H16ClN3. The second kappa shape index (κ2) is 4.75. The smallest absolute Gasteiger partial charge is 0.0995 e. The summed E-state index contributed by atoms with van der Waals surface area (Å²) in [5, 5.41) is 4.26. The summed E-state index contributed by atoms with van der Waals surface area (Å²) in [5.41, 5.74) is 3.41. The van der Waals surface area contributed by atoms with Gasteiger partial charge in [0.1, 0.15) is 0 Å². The van der Waals surface area contributed by atoms with Crippen molar-refractivity contribution in [2.75, 3.05) is 6.54 Å². The van der Waals surface area contributed by atoms with E-state index in [1.807, 2.05) is 24.7 Å². The lowest BCUT2D eigenvalue weighted by Gasteiger charge is -2.15. The molecule has 1 saturated heterocycles. The SMILES string of the molecule is Cc1ccc(Cl)c(-n2cncc2[C@@H]2CCCN2)c1. The van der Waals surface area contributed by atoms with Gasteiger partial charge in [-0.25, -0.2) is 4.98 Å². The molecule has 2 heterocycles.